The third-order valence-electron chi connectivity index (χ3n) is 3.58. The number of rotatable bonds is 4. The molecule has 0 aliphatic heterocycles. The normalized spacial score (nSPS) is 11.8. The Morgan fingerprint density at radius 2 is 2.05 bits per heavy atom. The van der Waals surface area contributed by atoms with Gasteiger partial charge in [0.05, 0.1) is 12.1 Å². The molecule has 0 amide bonds. The molecule has 0 atom stereocenters. The van der Waals surface area contributed by atoms with E-state index in [0.29, 0.717) is 29.2 Å². The van der Waals surface area contributed by atoms with E-state index in [1.807, 2.05) is 0 Å². The molecule has 0 spiro atoms. The fraction of sp³-hybridized carbons (Fsp3) is 0.500. The molecule has 0 saturated heterocycles. The van der Waals surface area contributed by atoms with Crippen LogP contribution < -0.4 is 5.73 Å². The molecule has 6 heteroatoms. The summed E-state index contributed by atoms with van der Waals surface area (Å²) < 4.78 is 15.9. The molecule has 0 radical (unpaired) electrons. The second-order valence-corrected chi connectivity index (χ2v) is 5.88. The zero-order valence-corrected chi connectivity index (χ0v) is 12.3. The smallest absolute Gasteiger partial charge is 0.185 e. The fourth-order valence-corrected chi connectivity index (χ4v) is 1.98. The van der Waals surface area contributed by atoms with Crippen molar-refractivity contribution in [3.8, 4) is 11.4 Å². The van der Waals surface area contributed by atoms with Gasteiger partial charge in [0.2, 0.25) is 0 Å². The average molecular weight is 277 g/mol. The largest absolute Gasteiger partial charge is 0.399 e. The van der Waals surface area contributed by atoms with Gasteiger partial charge in [-0.25, -0.2) is 9.07 Å². The Labute approximate surface area is 118 Å². The van der Waals surface area contributed by atoms with E-state index in [1.54, 1.807) is 23.7 Å². The summed E-state index contributed by atoms with van der Waals surface area (Å²) in [6.45, 7) is 8.66. The van der Waals surface area contributed by atoms with Gasteiger partial charge >= 0.3 is 0 Å². The van der Waals surface area contributed by atoms with Crippen molar-refractivity contribution in [3.63, 3.8) is 0 Å². The summed E-state index contributed by atoms with van der Waals surface area (Å²) in [7, 11) is 0. The van der Waals surface area contributed by atoms with Gasteiger partial charge in [-0.3, -0.25) is 0 Å². The maximum Gasteiger partial charge on any atom is 0.185 e. The van der Waals surface area contributed by atoms with Crippen LogP contribution in [0.3, 0.4) is 0 Å². The lowest BCUT2D eigenvalue weighted by molar-refractivity contribution is 0.279. The van der Waals surface area contributed by atoms with Gasteiger partial charge in [0.15, 0.2) is 5.82 Å². The molecule has 20 heavy (non-hydrogen) atoms. The van der Waals surface area contributed by atoms with Crippen molar-refractivity contribution >= 4 is 5.69 Å². The van der Waals surface area contributed by atoms with E-state index in [1.165, 1.54) is 0 Å². The minimum atomic E-state index is -0.329. The van der Waals surface area contributed by atoms with Crippen molar-refractivity contribution < 1.29 is 4.39 Å². The molecule has 0 bridgehead atoms. The Kier molecular flexibility index (Phi) is 3.74. The summed E-state index contributed by atoms with van der Waals surface area (Å²) in [5.74, 6) is 0.0870. The van der Waals surface area contributed by atoms with E-state index >= 15 is 0 Å². The molecule has 0 fully saturated rings. The van der Waals surface area contributed by atoms with Crippen LogP contribution in [0.5, 0.6) is 0 Å². The molecule has 0 unspecified atom stereocenters. The molecule has 0 aliphatic carbocycles. The topological polar surface area (TPSA) is 69.6 Å². The van der Waals surface area contributed by atoms with Crippen LogP contribution >= 0.6 is 0 Å². The zero-order chi connectivity index (χ0) is 14.9. The number of nitrogens with two attached hydrogens (primary N) is 1. The van der Waals surface area contributed by atoms with Crippen LogP contribution in [0.15, 0.2) is 12.1 Å². The molecule has 2 rings (SSSR count). The molecule has 1 aromatic heterocycles. The number of aromatic nitrogens is 4. The Hall–Kier alpha value is -1.98. The second kappa shape index (κ2) is 5.19. The first-order valence-electron chi connectivity index (χ1n) is 6.66. The minimum absolute atomic E-state index is 0.0377. The van der Waals surface area contributed by atoms with Crippen molar-refractivity contribution in [2.45, 2.75) is 40.7 Å². The number of nitrogen functional groups attached to an aromatic ring is 1. The van der Waals surface area contributed by atoms with Gasteiger partial charge in [0.1, 0.15) is 5.82 Å². The maximum absolute atomic E-state index is 14.3. The molecular formula is C14H20FN5. The van der Waals surface area contributed by atoms with Crippen molar-refractivity contribution in [2.75, 3.05) is 5.73 Å². The number of anilines is 1. The zero-order valence-electron chi connectivity index (χ0n) is 12.3. The lowest BCUT2D eigenvalue weighted by Gasteiger charge is -2.22. The Morgan fingerprint density at radius 3 is 2.70 bits per heavy atom. The van der Waals surface area contributed by atoms with E-state index in [2.05, 4.69) is 36.3 Å². The fourth-order valence-electron chi connectivity index (χ4n) is 1.98. The van der Waals surface area contributed by atoms with Crippen LogP contribution in [-0.2, 0) is 6.54 Å². The van der Waals surface area contributed by atoms with Crippen LogP contribution in [0.2, 0.25) is 0 Å². The summed E-state index contributed by atoms with van der Waals surface area (Å²) in [6, 6.07) is 3.17. The van der Waals surface area contributed by atoms with E-state index in [0.717, 1.165) is 6.42 Å². The molecule has 0 aliphatic rings. The summed E-state index contributed by atoms with van der Waals surface area (Å²) in [5, 5.41) is 11.6. The molecular weight excluding hydrogens is 257 g/mol. The SMILES string of the molecule is CCC(C)(C)Cn1nnnc1-c1cc(N)cc(C)c1F. The molecule has 2 aromatic rings. The summed E-state index contributed by atoms with van der Waals surface area (Å²) >= 11 is 0. The lowest BCUT2D eigenvalue weighted by atomic mass is 9.90. The van der Waals surface area contributed by atoms with Crippen LogP contribution in [-0.4, -0.2) is 20.2 Å². The first-order valence-corrected chi connectivity index (χ1v) is 6.66. The van der Waals surface area contributed by atoms with E-state index < -0.39 is 0 Å². The van der Waals surface area contributed by atoms with E-state index in [9.17, 15) is 4.39 Å². The second-order valence-electron chi connectivity index (χ2n) is 5.88. The van der Waals surface area contributed by atoms with Crippen LogP contribution in [0, 0.1) is 18.2 Å². The van der Waals surface area contributed by atoms with Crippen molar-refractivity contribution in [2.24, 2.45) is 5.41 Å². The Morgan fingerprint density at radius 1 is 1.35 bits per heavy atom. The number of hydrogen-bond donors (Lipinski definition) is 1. The van der Waals surface area contributed by atoms with E-state index in [4.69, 9.17) is 5.73 Å². The highest BCUT2D eigenvalue weighted by molar-refractivity contribution is 5.63. The van der Waals surface area contributed by atoms with Gasteiger partial charge in [-0.15, -0.1) is 5.10 Å². The van der Waals surface area contributed by atoms with Crippen LogP contribution in [0.4, 0.5) is 10.1 Å². The quantitative estimate of drug-likeness (QED) is 0.872. The van der Waals surface area contributed by atoms with Gasteiger partial charge in [-0.1, -0.05) is 20.8 Å². The van der Waals surface area contributed by atoms with Gasteiger partial charge in [0.25, 0.3) is 0 Å². The minimum Gasteiger partial charge on any atom is -0.399 e. The summed E-state index contributed by atoms with van der Waals surface area (Å²) in [6.07, 6.45) is 0.977. The van der Waals surface area contributed by atoms with Gasteiger partial charge < -0.3 is 5.73 Å². The highest BCUT2D eigenvalue weighted by Crippen LogP contribution is 2.28. The molecule has 0 saturated carbocycles. The highest BCUT2D eigenvalue weighted by Gasteiger charge is 2.22. The predicted molar refractivity (Wildman–Crippen MR) is 76.4 cm³/mol. The first kappa shape index (κ1) is 14.4. The van der Waals surface area contributed by atoms with E-state index in [-0.39, 0.29) is 11.2 Å². The molecule has 2 N–H and O–H groups in total. The number of halogens is 1. The third-order valence-corrected chi connectivity index (χ3v) is 3.58. The van der Waals surface area contributed by atoms with Gasteiger partial charge in [-0.2, -0.15) is 0 Å². The number of aryl methyl sites for hydroxylation is 1. The molecule has 1 aromatic carbocycles. The van der Waals surface area contributed by atoms with Gasteiger partial charge in [-0.05, 0) is 46.9 Å². The molecule has 108 valence electrons. The predicted octanol–water partition coefficient (Wildman–Crippen LogP) is 2.81. The average Bonchev–Trinajstić information content (AvgIpc) is 2.81. The highest BCUT2D eigenvalue weighted by atomic mass is 19.1. The van der Waals surface area contributed by atoms with Crippen molar-refractivity contribution in [3.05, 3.63) is 23.5 Å². The van der Waals surface area contributed by atoms with Crippen molar-refractivity contribution in [1.82, 2.24) is 20.2 Å². The summed E-state index contributed by atoms with van der Waals surface area (Å²) in [5.41, 5.74) is 7.17. The number of nitrogens with zero attached hydrogens (tertiary/aromatic N) is 4. The number of benzene rings is 1. The molecule has 5 nitrogen and oxygen atoms in total. The molecule has 1 heterocycles. The van der Waals surface area contributed by atoms with Gasteiger partial charge in [0, 0.05) is 5.69 Å². The van der Waals surface area contributed by atoms with Crippen LogP contribution in [0.1, 0.15) is 32.8 Å². The Bertz CT molecular complexity index is 618. The maximum atomic E-state index is 14.3. The number of tetrazole rings is 1. The van der Waals surface area contributed by atoms with Crippen LogP contribution in [0.25, 0.3) is 11.4 Å². The first-order chi connectivity index (χ1) is 9.34. The standard InChI is InChI=1S/C14H20FN5/c1-5-14(3,4)8-20-13(17-18-19-20)11-7-10(16)6-9(2)12(11)15/h6-7H,5,8,16H2,1-4H3. The Balaban J connectivity index is 2.48. The monoisotopic (exact) mass is 277 g/mol. The van der Waals surface area contributed by atoms with Crippen molar-refractivity contribution in [1.29, 1.82) is 0 Å². The summed E-state index contributed by atoms with van der Waals surface area (Å²) in [4.78, 5) is 0. The third kappa shape index (κ3) is 2.79. The number of hydrogen-bond acceptors (Lipinski definition) is 4. The lowest BCUT2D eigenvalue weighted by Crippen LogP contribution is -2.20.